The second kappa shape index (κ2) is 3.84. The zero-order chi connectivity index (χ0) is 10.7. The first-order valence-electron chi connectivity index (χ1n) is 3.78. The third-order valence-corrected chi connectivity index (χ3v) is 1.79. The Morgan fingerprint density at radius 1 is 1.57 bits per heavy atom. The summed E-state index contributed by atoms with van der Waals surface area (Å²) in [6.45, 7) is 0. The summed E-state index contributed by atoms with van der Waals surface area (Å²) in [6.07, 6.45) is 0. The van der Waals surface area contributed by atoms with Gasteiger partial charge in [-0.1, -0.05) is 0 Å². The monoisotopic (exact) mass is 197 g/mol. The molecule has 6 N–H and O–H groups in total. The van der Waals surface area contributed by atoms with Gasteiger partial charge in [-0.25, -0.2) is 4.79 Å². The van der Waals surface area contributed by atoms with Gasteiger partial charge in [-0.3, -0.25) is 5.84 Å². The molecular formula is C8H11N3O3. The zero-order valence-electron chi connectivity index (χ0n) is 7.57. The number of anilines is 2. The number of rotatable bonds is 3. The molecule has 0 spiro atoms. The molecule has 0 heterocycles. The van der Waals surface area contributed by atoms with E-state index < -0.39 is 5.97 Å². The fourth-order valence-corrected chi connectivity index (χ4v) is 1.11. The highest BCUT2D eigenvalue weighted by Crippen LogP contribution is 2.32. The number of hydrogen-bond acceptors (Lipinski definition) is 5. The standard InChI is InChI=1S/C8H11N3O3/c1-14-7-4(8(12)13)2-3-5(11-10)6(7)9/h2-3,11H,9-10H2,1H3,(H,12,13). The molecule has 0 aliphatic carbocycles. The van der Waals surface area contributed by atoms with Crippen molar-refractivity contribution >= 4 is 17.3 Å². The molecule has 6 nitrogen and oxygen atoms in total. The van der Waals surface area contributed by atoms with Crippen molar-refractivity contribution in [3.05, 3.63) is 17.7 Å². The quantitative estimate of drug-likeness (QED) is 0.314. The van der Waals surface area contributed by atoms with E-state index in [4.69, 9.17) is 21.4 Å². The summed E-state index contributed by atoms with van der Waals surface area (Å²) in [6, 6.07) is 2.84. The molecule has 0 aliphatic heterocycles. The van der Waals surface area contributed by atoms with Gasteiger partial charge >= 0.3 is 5.97 Å². The van der Waals surface area contributed by atoms with Gasteiger partial charge in [0.2, 0.25) is 0 Å². The number of hydrogen-bond donors (Lipinski definition) is 4. The molecule has 76 valence electrons. The zero-order valence-corrected chi connectivity index (χ0v) is 7.57. The second-order valence-electron chi connectivity index (χ2n) is 2.56. The first-order valence-corrected chi connectivity index (χ1v) is 3.78. The molecule has 0 aliphatic rings. The van der Waals surface area contributed by atoms with Gasteiger partial charge in [0.15, 0.2) is 5.75 Å². The van der Waals surface area contributed by atoms with Crippen LogP contribution in [0.3, 0.4) is 0 Å². The van der Waals surface area contributed by atoms with Crippen molar-refractivity contribution in [2.45, 2.75) is 0 Å². The number of nitrogen functional groups attached to an aromatic ring is 2. The minimum Gasteiger partial charge on any atom is -0.494 e. The maximum atomic E-state index is 10.7. The van der Waals surface area contributed by atoms with E-state index in [0.717, 1.165) is 0 Å². The van der Waals surface area contributed by atoms with E-state index in [1.807, 2.05) is 0 Å². The van der Waals surface area contributed by atoms with E-state index in [2.05, 4.69) is 5.43 Å². The predicted molar refractivity (Wildman–Crippen MR) is 52.2 cm³/mol. The lowest BCUT2D eigenvalue weighted by molar-refractivity contribution is 0.0693. The van der Waals surface area contributed by atoms with Crippen LogP contribution in [-0.2, 0) is 0 Å². The summed E-state index contributed by atoms with van der Waals surface area (Å²) in [5, 5.41) is 8.80. The highest BCUT2D eigenvalue weighted by Gasteiger charge is 2.15. The van der Waals surface area contributed by atoms with Gasteiger partial charge in [0, 0.05) is 0 Å². The number of nitrogens with one attached hydrogen (secondary N) is 1. The molecule has 0 saturated heterocycles. The van der Waals surface area contributed by atoms with Crippen LogP contribution in [0.15, 0.2) is 12.1 Å². The normalized spacial score (nSPS) is 9.57. The number of carboxylic acid groups (broad SMARTS) is 1. The lowest BCUT2D eigenvalue weighted by Gasteiger charge is -2.11. The van der Waals surface area contributed by atoms with E-state index in [9.17, 15) is 4.79 Å². The largest absolute Gasteiger partial charge is 0.494 e. The molecule has 0 bridgehead atoms. The van der Waals surface area contributed by atoms with Crippen LogP contribution in [0.4, 0.5) is 11.4 Å². The number of benzene rings is 1. The molecule has 0 saturated carbocycles. The molecule has 1 aromatic rings. The summed E-state index contributed by atoms with van der Waals surface area (Å²) < 4.78 is 4.88. The molecule has 0 amide bonds. The summed E-state index contributed by atoms with van der Waals surface area (Å²) in [5.41, 5.74) is 8.55. The van der Waals surface area contributed by atoms with Crippen LogP contribution in [0, 0.1) is 0 Å². The van der Waals surface area contributed by atoms with Crippen LogP contribution in [0.5, 0.6) is 5.75 Å². The first kappa shape index (κ1) is 10.1. The summed E-state index contributed by atoms with van der Waals surface area (Å²) >= 11 is 0. The maximum absolute atomic E-state index is 10.7. The van der Waals surface area contributed by atoms with Gasteiger partial charge in [-0.05, 0) is 12.1 Å². The second-order valence-corrected chi connectivity index (χ2v) is 2.56. The number of aromatic carboxylic acids is 1. The van der Waals surface area contributed by atoms with Crippen molar-refractivity contribution in [1.29, 1.82) is 0 Å². The minimum absolute atomic E-state index is 0.00370. The van der Waals surface area contributed by atoms with Gasteiger partial charge in [0.05, 0.1) is 18.5 Å². The molecule has 1 rings (SSSR count). The van der Waals surface area contributed by atoms with Gasteiger partial charge in [-0.2, -0.15) is 0 Å². The van der Waals surface area contributed by atoms with Crippen LogP contribution in [0.1, 0.15) is 10.4 Å². The van der Waals surface area contributed by atoms with E-state index in [-0.39, 0.29) is 17.0 Å². The fourth-order valence-electron chi connectivity index (χ4n) is 1.11. The van der Waals surface area contributed by atoms with Crippen molar-refractivity contribution in [2.24, 2.45) is 5.84 Å². The van der Waals surface area contributed by atoms with E-state index in [0.29, 0.717) is 5.69 Å². The maximum Gasteiger partial charge on any atom is 0.339 e. The molecule has 0 aromatic heterocycles. The Bertz CT molecular complexity index is 365. The number of nitrogens with two attached hydrogens (primary N) is 2. The van der Waals surface area contributed by atoms with Gasteiger partial charge in [-0.15, -0.1) is 0 Å². The van der Waals surface area contributed by atoms with Gasteiger partial charge in [0.25, 0.3) is 0 Å². The molecule has 0 radical (unpaired) electrons. The first-order chi connectivity index (χ1) is 6.61. The highest BCUT2D eigenvalue weighted by atomic mass is 16.5. The summed E-state index contributed by atoms with van der Waals surface area (Å²) in [4.78, 5) is 10.7. The van der Waals surface area contributed by atoms with Crippen molar-refractivity contribution in [2.75, 3.05) is 18.3 Å². The number of hydrazine groups is 1. The molecule has 14 heavy (non-hydrogen) atoms. The van der Waals surface area contributed by atoms with Crippen LogP contribution >= 0.6 is 0 Å². The van der Waals surface area contributed by atoms with Crippen molar-refractivity contribution in [1.82, 2.24) is 0 Å². The lowest BCUT2D eigenvalue weighted by atomic mass is 10.1. The van der Waals surface area contributed by atoms with Crippen LogP contribution in [0.25, 0.3) is 0 Å². The Morgan fingerprint density at radius 2 is 2.21 bits per heavy atom. The van der Waals surface area contributed by atoms with Crippen LogP contribution < -0.4 is 21.7 Å². The predicted octanol–water partition coefficient (Wildman–Crippen LogP) is 0.261. The van der Waals surface area contributed by atoms with E-state index in [1.54, 1.807) is 0 Å². The van der Waals surface area contributed by atoms with Gasteiger partial charge < -0.3 is 21.0 Å². The number of carboxylic acids is 1. The van der Waals surface area contributed by atoms with Crippen molar-refractivity contribution in [3.8, 4) is 5.75 Å². The number of carbonyl (C=O) groups is 1. The molecule has 0 atom stereocenters. The average Bonchev–Trinajstić information content (AvgIpc) is 2.17. The van der Waals surface area contributed by atoms with E-state index in [1.165, 1.54) is 19.2 Å². The number of ether oxygens (including phenoxy) is 1. The van der Waals surface area contributed by atoms with Crippen LogP contribution in [0.2, 0.25) is 0 Å². The van der Waals surface area contributed by atoms with Gasteiger partial charge in [0.1, 0.15) is 5.56 Å². The van der Waals surface area contributed by atoms with Crippen LogP contribution in [-0.4, -0.2) is 18.2 Å². The Morgan fingerprint density at radius 3 is 2.64 bits per heavy atom. The SMILES string of the molecule is COc1c(C(=O)O)ccc(NN)c1N. The molecular weight excluding hydrogens is 186 g/mol. The number of methoxy groups -OCH3 is 1. The Balaban J connectivity index is 3.35. The molecule has 0 unspecified atom stereocenters. The third kappa shape index (κ3) is 1.55. The Labute approximate surface area is 80.4 Å². The van der Waals surface area contributed by atoms with E-state index >= 15 is 0 Å². The lowest BCUT2D eigenvalue weighted by Crippen LogP contribution is -2.11. The Kier molecular flexibility index (Phi) is 2.78. The fraction of sp³-hybridized carbons (Fsp3) is 0.125. The summed E-state index contributed by atoms with van der Waals surface area (Å²) in [5.74, 6) is 4.17. The third-order valence-electron chi connectivity index (χ3n) is 1.79. The Hall–Kier alpha value is -1.95. The highest BCUT2D eigenvalue weighted by molar-refractivity contribution is 5.95. The smallest absolute Gasteiger partial charge is 0.339 e. The minimum atomic E-state index is -1.10. The van der Waals surface area contributed by atoms with Crippen molar-refractivity contribution < 1.29 is 14.6 Å². The summed E-state index contributed by atoms with van der Waals surface area (Å²) in [7, 11) is 1.35. The molecule has 0 fully saturated rings. The molecule has 1 aromatic carbocycles. The van der Waals surface area contributed by atoms with Crippen molar-refractivity contribution in [3.63, 3.8) is 0 Å². The molecule has 6 heteroatoms. The topological polar surface area (TPSA) is 111 Å². The average molecular weight is 197 g/mol.